The van der Waals surface area contributed by atoms with Crippen molar-refractivity contribution in [3.63, 3.8) is 0 Å². The Morgan fingerprint density at radius 1 is 1.04 bits per heavy atom. The van der Waals surface area contributed by atoms with E-state index in [4.69, 9.17) is 16.6 Å². The molecule has 2 N–H and O–H groups in total. The van der Waals surface area contributed by atoms with Crippen LogP contribution in [0, 0.1) is 13.8 Å². The van der Waals surface area contributed by atoms with Gasteiger partial charge in [-0.1, -0.05) is 29.8 Å². The molecule has 0 spiro atoms. The molecule has 1 aliphatic heterocycles. The summed E-state index contributed by atoms with van der Waals surface area (Å²) in [7, 11) is 0. The average Bonchev–Trinajstić information content (AvgIpc) is 2.79. The van der Waals surface area contributed by atoms with Crippen LogP contribution in [0.1, 0.15) is 22.6 Å². The Kier molecular flexibility index (Phi) is 3.16. The highest BCUT2D eigenvalue weighted by molar-refractivity contribution is 6.36. The number of hydrogen-bond donors (Lipinski definition) is 2. The second-order valence-corrected chi connectivity index (χ2v) is 5.87. The Morgan fingerprint density at radius 3 is 2.70 bits per heavy atom. The van der Waals surface area contributed by atoms with Gasteiger partial charge in [0.25, 0.3) is 0 Å². The van der Waals surface area contributed by atoms with E-state index in [1.807, 2.05) is 50.2 Å². The summed E-state index contributed by atoms with van der Waals surface area (Å²) < 4.78 is 0. The van der Waals surface area contributed by atoms with Gasteiger partial charge < -0.3 is 5.32 Å². The summed E-state index contributed by atoms with van der Waals surface area (Å²) in [4.78, 5) is 9.50. The third-order valence-corrected chi connectivity index (χ3v) is 4.11. The summed E-state index contributed by atoms with van der Waals surface area (Å²) in [6.45, 7) is 3.90. The molecule has 3 aromatic rings. The Morgan fingerprint density at radius 2 is 1.87 bits per heavy atom. The molecule has 0 radical (unpaired) electrons. The maximum atomic E-state index is 6.41. The number of fused-ring (bicyclic) bond motifs is 2. The van der Waals surface area contributed by atoms with E-state index in [-0.39, 0.29) is 0 Å². The summed E-state index contributed by atoms with van der Waals surface area (Å²) in [6.07, 6.45) is 0. The van der Waals surface area contributed by atoms with Crippen molar-refractivity contribution in [3.05, 3.63) is 64.1 Å². The number of aryl methyl sites for hydroxylation is 2. The molecule has 4 rings (SSSR count). The van der Waals surface area contributed by atoms with E-state index in [1.165, 1.54) is 0 Å². The van der Waals surface area contributed by atoms with Gasteiger partial charge in [-0.25, -0.2) is 9.98 Å². The Labute approximate surface area is 138 Å². The van der Waals surface area contributed by atoms with E-state index in [0.717, 1.165) is 39.7 Å². The molecule has 0 saturated carbocycles. The second-order valence-electron chi connectivity index (χ2n) is 5.46. The zero-order valence-corrected chi connectivity index (χ0v) is 13.4. The number of H-pyrrole nitrogens is 1. The number of benzene rings is 1. The molecule has 1 aliphatic rings. The average molecular weight is 324 g/mol. The van der Waals surface area contributed by atoms with Gasteiger partial charge in [-0.2, -0.15) is 5.10 Å². The maximum Gasteiger partial charge on any atom is 0.178 e. The van der Waals surface area contributed by atoms with Gasteiger partial charge in [0.15, 0.2) is 5.82 Å². The lowest BCUT2D eigenvalue weighted by atomic mass is 10.0. The van der Waals surface area contributed by atoms with E-state index in [9.17, 15) is 0 Å². The Hall–Kier alpha value is -2.66. The summed E-state index contributed by atoms with van der Waals surface area (Å²) in [5, 5.41) is 11.2. The number of rotatable bonds is 1. The van der Waals surface area contributed by atoms with E-state index in [2.05, 4.69) is 20.5 Å². The van der Waals surface area contributed by atoms with Gasteiger partial charge in [-0.05, 0) is 32.0 Å². The summed E-state index contributed by atoms with van der Waals surface area (Å²) in [5.41, 5.74) is 5.81. The Balaban J connectivity index is 2.05. The standard InChI is InChI=1S/C17H14ClN5/c1-9-7-8-13-16(19-9)15(11-5-3-4-6-12(11)18)21-14-10(2)22-23-17(14)20-13/h3-8H,1-2H3,(H2,20,22,23). The molecule has 23 heavy (non-hydrogen) atoms. The minimum Gasteiger partial charge on any atom is -0.335 e. The molecule has 114 valence electrons. The maximum absolute atomic E-state index is 6.41. The van der Waals surface area contributed by atoms with Crippen molar-refractivity contribution in [1.29, 1.82) is 0 Å². The van der Waals surface area contributed by atoms with E-state index in [0.29, 0.717) is 10.8 Å². The number of nitrogens with zero attached hydrogens (tertiary/aromatic N) is 3. The third-order valence-electron chi connectivity index (χ3n) is 3.78. The first-order valence-corrected chi connectivity index (χ1v) is 7.65. The number of halogens is 1. The quantitative estimate of drug-likeness (QED) is 0.549. The first kappa shape index (κ1) is 14.0. The van der Waals surface area contributed by atoms with Crippen LogP contribution in [-0.4, -0.2) is 20.9 Å². The monoisotopic (exact) mass is 323 g/mol. The fourth-order valence-corrected chi connectivity index (χ4v) is 2.84. The van der Waals surface area contributed by atoms with Gasteiger partial charge in [0.2, 0.25) is 0 Å². The largest absolute Gasteiger partial charge is 0.335 e. The second kappa shape index (κ2) is 5.21. The first-order valence-electron chi connectivity index (χ1n) is 7.27. The molecule has 5 nitrogen and oxygen atoms in total. The smallest absolute Gasteiger partial charge is 0.178 e. The van der Waals surface area contributed by atoms with Crippen LogP contribution >= 0.6 is 11.6 Å². The number of nitrogens with one attached hydrogen (secondary N) is 2. The van der Waals surface area contributed by atoms with E-state index in [1.54, 1.807) is 0 Å². The normalized spacial score (nSPS) is 12.7. The molecule has 6 heteroatoms. The molecule has 0 bridgehead atoms. The van der Waals surface area contributed by atoms with Gasteiger partial charge in [0, 0.05) is 11.3 Å². The topological polar surface area (TPSA) is 66.0 Å². The van der Waals surface area contributed by atoms with Crippen molar-refractivity contribution in [2.75, 3.05) is 5.32 Å². The molecule has 0 aliphatic carbocycles. The molecule has 0 atom stereocenters. The zero-order valence-electron chi connectivity index (χ0n) is 12.7. The van der Waals surface area contributed by atoms with Crippen LogP contribution < -0.4 is 5.32 Å². The SMILES string of the molecule is Cc1ccc2c(n1)C(c1ccccc1Cl)=Nc1c(n[nH]c1C)N2. The Bertz CT molecular complexity index is 942. The molecular weight excluding hydrogens is 310 g/mol. The van der Waals surface area contributed by atoms with Crippen molar-refractivity contribution in [1.82, 2.24) is 15.2 Å². The molecule has 0 saturated heterocycles. The summed E-state index contributed by atoms with van der Waals surface area (Å²) in [5.74, 6) is 0.691. The lowest BCUT2D eigenvalue weighted by Gasteiger charge is -2.11. The van der Waals surface area contributed by atoms with Gasteiger partial charge in [0.05, 0.1) is 16.4 Å². The zero-order chi connectivity index (χ0) is 16.0. The number of hydrogen-bond acceptors (Lipinski definition) is 4. The number of aliphatic imine (C=N–C) groups is 1. The van der Waals surface area contributed by atoms with Crippen LogP contribution in [0.25, 0.3) is 0 Å². The fraction of sp³-hybridized carbons (Fsp3) is 0.118. The molecule has 0 fully saturated rings. The van der Waals surface area contributed by atoms with Gasteiger partial charge in [0.1, 0.15) is 17.1 Å². The van der Waals surface area contributed by atoms with Gasteiger partial charge in [-0.15, -0.1) is 0 Å². The lowest BCUT2D eigenvalue weighted by molar-refractivity contribution is 1.05. The highest BCUT2D eigenvalue weighted by Gasteiger charge is 2.23. The molecular formula is C17H14ClN5. The van der Waals surface area contributed by atoms with Crippen molar-refractivity contribution >= 4 is 34.5 Å². The van der Waals surface area contributed by atoms with Crippen LogP contribution in [0.3, 0.4) is 0 Å². The predicted molar refractivity (Wildman–Crippen MR) is 92.3 cm³/mol. The van der Waals surface area contributed by atoms with Crippen LogP contribution in [-0.2, 0) is 0 Å². The number of aromatic nitrogens is 3. The highest BCUT2D eigenvalue weighted by atomic mass is 35.5. The van der Waals surface area contributed by atoms with Crippen molar-refractivity contribution in [3.8, 4) is 0 Å². The van der Waals surface area contributed by atoms with Crippen LogP contribution in [0.5, 0.6) is 0 Å². The number of pyridine rings is 1. The lowest BCUT2D eigenvalue weighted by Crippen LogP contribution is -2.09. The summed E-state index contributed by atoms with van der Waals surface area (Å²) in [6, 6.07) is 11.6. The third kappa shape index (κ3) is 2.29. The van der Waals surface area contributed by atoms with Crippen molar-refractivity contribution < 1.29 is 0 Å². The molecule has 0 unspecified atom stereocenters. The molecule has 3 heterocycles. The summed E-state index contributed by atoms with van der Waals surface area (Å²) >= 11 is 6.41. The van der Waals surface area contributed by atoms with Crippen LogP contribution in [0.15, 0.2) is 41.4 Å². The molecule has 0 amide bonds. The fourth-order valence-electron chi connectivity index (χ4n) is 2.62. The first-order chi connectivity index (χ1) is 11.1. The van der Waals surface area contributed by atoms with Crippen molar-refractivity contribution in [2.45, 2.75) is 13.8 Å². The minimum absolute atomic E-state index is 0.644. The number of anilines is 2. The van der Waals surface area contributed by atoms with Crippen molar-refractivity contribution in [2.24, 2.45) is 4.99 Å². The van der Waals surface area contributed by atoms with Gasteiger partial charge in [-0.3, -0.25) is 5.10 Å². The minimum atomic E-state index is 0.644. The molecule has 1 aromatic carbocycles. The number of aromatic amines is 1. The van der Waals surface area contributed by atoms with Gasteiger partial charge >= 0.3 is 0 Å². The predicted octanol–water partition coefficient (Wildman–Crippen LogP) is 4.30. The van der Waals surface area contributed by atoms with Crippen LogP contribution in [0.2, 0.25) is 5.02 Å². The molecule has 2 aromatic heterocycles. The van der Waals surface area contributed by atoms with Crippen LogP contribution in [0.4, 0.5) is 17.2 Å². The highest BCUT2D eigenvalue weighted by Crippen LogP contribution is 2.36. The van der Waals surface area contributed by atoms with E-state index >= 15 is 0 Å². The van der Waals surface area contributed by atoms with E-state index < -0.39 is 0 Å².